The molecule has 0 bridgehead atoms. The van der Waals surface area contributed by atoms with E-state index in [1.165, 1.54) is 0 Å². The van der Waals surface area contributed by atoms with Gasteiger partial charge in [-0.05, 0) is 36.8 Å². The minimum Gasteiger partial charge on any atom is -0.384 e. The number of nitrogens with two attached hydrogens (primary N) is 1. The number of aromatic nitrogens is 1. The second kappa shape index (κ2) is 5.32. The Morgan fingerprint density at radius 3 is 2.60 bits per heavy atom. The minimum atomic E-state index is -4.46. The van der Waals surface area contributed by atoms with Crippen molar-refractivity contribution in [2.75, 3.05) is 11.1 Å². The van der Waals surface area contributed by atoms with E-state index in [1.807, 2.05) is 13.0 Å². The lowest BCUT2D eigenvalue weighted by Crippen LogP contribution is -2.08. The maximum Gasteiger partial charge on any atom is 0.416 e. The molecule has 3 nitrogen and oxygen atoms in total. The Hall–Kier alpha value is -1.76. The number of halogens is 4. The number of hydrogen-bond donors (Lipinski definition) is 2. The first kappa shape index (κ1) is 14.6. The molecule has 0 fully saturated rings. The first-order valence-corrected chi connectivity index (χ1v) is 6.43. The van der Waals surface area contributed by atoms with Crippen molar-refractivity contribution in [2.45, 2.75) is 13.1 Å². The zero-order chi connectivity index (χ0) is 14.9. The predicted molar refractivity (Wildman–Crippen MR) is 75.8 cm³/mol. The summed E-state index contributed by atoms with van der Waals surface area (Å²) in [6.07, 6.45) is -4.46. The maximum atomic E-state index is 12.7. The largest absolute Gasteiger partial charge is 0.416 e. The Balaban J connectivity index is 2.39. The second-order valence-corrected chi connectivity index (χ2v) is 5.06. The Labute approximate surface area is 122 Å². The number of nitrogens with zero attached hydrogens (tertiary/aromatic N) is 1. The Kier molecular flexibility index (Phi) is 3.89. The number of alkyl halides is 3. The molecule has 0 unspecified atom stereocenters. The normalized spacial score (nSPS) is 11.4. The fraction of sp³-hybridized carbons (Fsp3) is 0.154. The van der Waals surface area contributed by atoms with E-state index >= 15 is 0 Å². The molecule has 0 spiro atoms. The Morgan fingerprint density at radius 2 is 1.95 bits per heavy atom. The minimum absolute atomic E-state index is 0.0542. The van der Waals surface area contributed by atoms with Crippen molar-refractivity contribution in [3.8, 4) is 0 Å². The van der Waals surface area contributed by atoms with Crippen LogP contribution in [-0.2, 0) is 6.18 Å². The fourth-order valence-electron chi connectivity index (χ4n) is 1.66. The molecule has 1 aromatic heterocycles. The molecular formula is C13H11BrF3N3. The van der Waals surface area contributed by atoms with Gasteiger partial charge in [-0.15, -0.1) is 0 Å². The molecule has 2 rings (SSSR count). The smallest absolute Gasteiger partial charge is 0.384 e. The topological polar surface area (TPSA) is 50.9 Å². The van der Waals surface area contributed by atoms with Crippen LogP contribution < -0.4 is 11.1 Å². The zero-order valence-electron chi connectivity index (χ0n) is 10.4. The highest BCUT2D eigenvalue weighted by Crippen LogP contribution is 2.33. The van der Waals surface area contributed by atoms with Crippen LogP contribution in [0.2, 0.25) is 0 Å². The average Bonchev–Trinajstić information content (AvgIpc) is 2.33. The van der Waals surface area contributed by atoms with Crippen LogP contribution in [0.3, 0.4) is 0 Å². The van der Waals surface area contributed by atoms with Gasteiger partial charge >= 0.3 is 6.18 Å². The lowest BCUT2D eigenvalue weighted by atomic mass is 10.2. The molecule has 0 aliphatic rings. The molecule has 2 aromatic rings. The van der Waals surface area contributed by atoms with Gasteiger partial charge in [-0.2, -0.15) is 13.2 Å². The van der Waals surface area contributed by atoms with E-state index in [-0.39, 0.29) is 11.6 Å². The van der Waals surface area contributed by atoms with Gasteiger partial charge in [0.15, 0.2) is 0 Å². The summed E-state index contributed by atoms with van der Waals surface area (Å²) in [7, 11) is 0. The van der Waals surface area contributed by atoms with Gasteiger partial charge in [0.05, 0.1) is 5.56 Å². The number of benzene rings is 1. The highest BCUT2D eigenvalue weighted by molar-refractivity contribution is 9.10. The van der Waals surface area contributed by atoms with Gasteiger partial charge in [-0.3, -0.25) is 0 Å². The molecule has 20 heavy (non-hydrogen) atoms. The first-order chi connectivity index (χ1) is 9.27. The number of anilines is 3. The standard InChI is InChI=1S/C13H11BrF3N3/c1-7-9(14)3-2-4-10(7)19-12-6-8(13(15,16)17)5-11(18)20-12/h2-6H,1H3,(H3,18,19,20). The monoisotopic (exact) mass is 345 g/mol. The van der Waals surface area contributed by atoms with Crippen LogP contribution in [0.5, 0.6) is 0 Å². The second-order valence-electron chi connectivity index (χ2n) is 4.20. The molecule has 0 atom stereocenters. The van der Waals surface area contributed by atoms with Gasteiger partial charge in [-0.25, -0.2) is 4.98 Å². The highest BCUT2D eigenvalue weighted by atomic mass is 79.9. The average molecular weight is 346 g/mol. The van der Waals surface area contributed by atoms with Crippen LogP contribution in [0.1, 0.15) is 11.1 Å². The Bertz CT molecular complexity index is 641. The zero-order valence-corrected chi connectivity index (χ0v) is 12.0. The quantitative estimate of drug-likeness (QED) is 0.842. The Morgan fingerprint density at radius 1 is 1.25 bits per heavy atom. The van der Waals surface area contributed by atoms with Crippen LogP contribution in [0.15, 0.2) is 34.8 Å². The SMILES string of the molecule is Cc1c(Br)cccc1Nc1cc(C(F)(F)F)cc(N)n1. The van der Waals surface area contributed by atoms with Crippen LogP contribution in [0, 0.1) is 6.92 Å². The van der Waals surface area contributed by atoms with Crippen LogP contribution in [-0.4, -0.2) is 4.98 Å². The lowest BCUT2D eigenvalue weighted by Gasteiger charge is -2.13. The van der Waals surface area contributed by atoms with Gasteiger partial charge in [0.25, 0.3) is 0 Å². The number of hydrogen-bond acceptors (Lipinski definition) is 3. The van der Waals surface area contributed by atoms with Crippen molar-refractivity contribution in [3.05, 3.63) is 45.9 Å². The van der Waals surface area contributed by atoms with Crippen molar-refractivity contribution >= 4 is 33.3 Å². The summed E-state index contributed by atoms with van der Waals surface area (Å²) in [4.78, 5) is 3.86. The predicted octanol–water partition coefficient (Wildman–Crippen LogP) is 4.50. The van der Waals surface area contributed by atoms with Crippen molar-refractivity contribution in [1.29, 1.82) is 0 Å². The van der Waals surface area contributed by atoms with E-state index in [0.29, 0.717) is 5.69 Å². The molecule has 0 radical (unpaired) electrons. The molecule has 0 aliphatic carbocycles. The molecule has 3 N–H and O–H groups in total. The van der Waals surface area contributed by atoms with E-state index in [9.17, 15) is 13.2 Å². The summed E-state index contributed by atoms with van der Waals surface area (Å²) in [5.41, 5.74) is 6.11. The van der Waals surface area contributed by atoms with Crippen LogP contribution in [0.4, 0.5) is 30.5 Å². The highest BCUT2D eigenvalue weighted by Gasteiger charge is 2.31. The maximum absolute atomic E-state index is 12.7. The summed E-state index contributed by atoms with van der Waals surface area (Å²) in [5.74, 6) is -0.131. The van der Waals surface area contributed by atoms with Gasteiger partial charge in [0.2, 0.25) is 0 Å². The van der Waals surface area contributed by atoms with Gasteiger partial charge in [0, 0.05) is 10.2 Å². The van der Waals surface area contributed by atoms with Crippen LogP contribution >= 0.6 is 15.9 Å². The summed E-state index contributed by atoms with van der Waals surface area (Å²) < 4.78 is 39.0. The molecule has 7 heteroatoms. The van der Waals surface area contributed by atoms with Crippen LogP contribution in [0.25, 0.3) is 0 Å². The van der Waals surface area contributed by atoms with Crippen molar-refractivity contribution < 1.29 is 13.2 Å². The third-order valence-corrected chi connectivity index (χ3v) is 3.56. The summed E-state index contributed by atoms with van der Waals surface area (Å²) in [6, 6.07) is 7.10. The van der Waals surface area contributed by atoms with Gasteiger partial charge < -0.3 is 11.1 Å². The molecule has 0 saturated heterocycles. The third kappa shape index (κ3) is 3.22. The molecule has 0 saturated carbocycles. The lowest BCUT2D eigenvalue weighted by molar-refractivity contribution is -0.137. The summed E-state index contributed by atoms with van der Waals surface area (Å²) >= 11 is 3.35. The summed E-state index contributed by atoms with van der Waals surface area (Å²) in [5, 5.41) is 2.85. The fourth-order valence-corrected chi connectivity index (χ4v) is 2.03. The molecule has 106 valence electrons. The van der Waals surface area contributed by atoms with E-state index in [2.05, 4.69) is 26.2 Å². The van der Waals surface area contributed by atoms with Crippen molar-refractivity contribution in [3.63, 3.8) is 0 Å². The number of nitrogens with one attached hydrogen (secondary N) is 1. The van der Waals surface area contributed by atoms with E-state index in [4.69, 9.17) is 5.73 Å². The summed E-state index contributed by atoms with van der Waals surface area (Å²) in [6.45, 7) is 1.84. The molecule has 1 aromatic carbocycles. The third-order valence-electron chi connectivity index (χ3n) is 2.70. The molecule has 0 aliphatic heterocycles. The molecular weight excluding hydrogens is 335 g/mol. The van der Waals surface area contributed by atoms with Crippen molar-refractivity contribution in [2.24, 2.45) is 0 Å². The van der Waals surface area contributed by atoms with E-state index in [1.54, 1.807) is 12.1 Å². The number of rotatable bonds is 2. The van der Waals surface area contributed by atoms with Gasteiger partial charge in [-0.1, -0.05) is 22.0 Å². The number of nitrogen functional groups attached to an aromatic ring is 1. The molecule has 0 amide bonds. The van der Waals surface area contributed by atoms with E-state index in [0.717, 1.165) is 22.2 Å². The van der Waals surface area contributed by atoms with Crippen molar-refractivity contribution in [1.82, 2.24) is 4.98 Å². The number of pyridine rings is 1. The molecule has 1 heterocycles. The first-order valence-electron chi connectivity index (χ1n) is 5.64. The van der Waals surface area contributed by atoms with E-state index < -0.39 is 11.7 Å². The van der Waals surface area contributed by atoms with Gasteiger partial charge in [0.1, 0.15) is 11.6 Å².